The van der Waals surface area contributed by atoms with Gasteiger partial charge in [-0.2, -0.15) is 0 Å². The third-order valence-corrected chi connectivity index (χ3v) is 3.12. The van der Waals surface area contributed by atoms with E-state index in [0.29, 0.717) is 19.4 Å². The zero-order valence-corrected chi connectivity index (χ0v) is 11.5. The Morgan fingerprint density at radius 1 is 1.42 bits per heavy atom. The molecule has 106 valence electrons. The van der Waals surface area contributed by atoms with E-state index in [-0.39, 0.29) is 18.6 Å². The van der Waals surface area contributed by atoms with Gasteiger partial charge in [0.2, 0.25) is 0 Å². The summed E-state index contributed by atoms with van der Waals surface area (Å²) in [4.78, 5) is 12.6. The number of carbonyl (C=O) groups is 1. The molecule has 0 aliphatic carbocycles. The van der Waals surface area contributed by atoms with E-state index < -0.39 is 5.97 Å². The van der Waals surface area contributed by atoms with Crippen molar-refractivity contribution in [3.8, 4) is 11.8 Å². The molecule has 1 rings (SSSR count). The summed E-state index contributed by atoms with van der Waals surface area (Å²) in [7, 11) is 3.23. The molecule has 5 heteroatoms. The Balaban J connectivity index is 2.67. The lowest BCUT2D eigenvalue weighted by molar-refractivity contribution is -0.137. The van der Waals surface area contributed by atoms with Crippen LogP contribution < -0.4 is 0 Å². The molecule has 1 heterocycles. The molecule has 0 aromatic heterocycles. The van der Waals surface area contributed by atoms with Crippen molar-refractivity contribution in [2.75, 3.05) is 27.3 Å². The van der Waals surface area contributed by atoms with Gasteiger partial charge in [-0.05, 0) is 6.42 Å². The zero-order chi connectivity index (χ0) is 14.3. The van der Waals surface area contributed by atoms with Crippen LogP contribution in [0, 0.1) is 11.8 Å². The molecule has 2 atom stereocenters. The normalized spacial score (nSPS) is 22.9. The predicted molar refractivity (Wildman–Crippen MR) is 71.6 cm³/mol. The summed E-state index contributed by atoms with van der Waals surface area (Å²) >= 11 is 0. The number of ether oxygens (including phenoxy) is 2. The standard InChI is InChI=1S/C14H21NO4/c1-11(7-8-14(16)17)15-9-5-4-6-12(18-2)13(10-15)19-3/h12-13H,1,5,7-10H2,2-3H3,(H,16,17). The maximum atomic E-state index is 10.6. The SMILES string of the molecule is C=C(CCC(=O)O)N1CCC#CC(OC)C(OC)C1. The molecule has 0 aromatic rings. The van der Waals surface area contributed by atoms with Crippen LogP contribution in [0.2, 0.25) is 0 Å². The molecule has 0 saturated heterocycles. The lowest BCUT2D eigenvalue weighted by Crippen LogP contribution is -2.41. The van der Waals surface area contributed by atoms with Gasteiger partial charge in [-0.25, -0.2) is 0 Å². The first kappa shape index (κ1) is 15.5. The summed E-state index contributed by atoms with van der Waals surface area (Å²) in [5.41, 5.74) is 0.808. The average Bonchev–Trinajstić information content (AvgIpc) is 2.36. The highest BCUT2D eigenvalue weighted by Gasteiger charge is 2.24. The maximum absolute atomic E-state index is 10.6. The summed E-state index contributed by atoms with van der Waals surface area (Å²) in [6.45, 7) is 5.31. The van der Waals surface area contributed by atoms with Gasteiger partial charge in [-0.1, -0.05) is 18.4 Å². The molecule has 5 nitrogen and oxygen atoms in total. The predicted octanol–water partition coefficient (Wildman–Crippen LogP) is 1.10. The topological polar surface area (TPSA) is 59.0 Å². The quantitative estimate of drug-likeness (QED) is 0.730. The number of carboxylic acids is 1. The molecule has 0 bridgehead atoms. The van der Waals surface area contributed by atoms with Gasteiger partial charge in [0.05, 0.1) is 6.42 Å². The van der Waals surface area contributed by atoms with Crippen molar-refractivity contribution in [2.45, 2.75) is 31.5 Å². The van der Waals surface area contributed by atoms with E-state index >= 15 is 0 Å². The summed E-state index contributed by atoms with van der Waals surface area (Å²) in [6, 6.07) is 0. The van der Waals surface area contributed by atoms with Crippen molar-refractivity contribution in [3.63, 3.8) is 0 Å². The Morgan fingerprint density at radius 3 is 2.74 bits per heavy atom. The maximum Gasteiger partial charge on any atom is 0.303 e. The van der Waals surface area contributed by atoms with Gasteiger partial charge in [0, 0.05) is 39.4 Å². The molecule has 0 aromatic carbocycles. The van der Waals surface area contributed by atoms with Gasteiger partial charge in [0.15, 0.2) is 0 Å². The Hall–Kier alpha value is -1.51. The lowest BCUT2D eigenvalue weighted by atomic mass is 10.1. The van der Waals surface area contributed by atoms with Crippen LogP contribution in [0.1, 0.15) is 19.3 Å². The number of allylic oxidation sites excluding steroid dienone is 1. The molecule has 1 aliphatic heterocycles. The van der Waals surface area contributed by atoms with E-state index in [0.717, 1.165) is 12.2 Å². The van der Waals surface area contributed by atoms with Crippen molar-refractivity contribution in [1.29, 1.82) is 0 Å². The van der Waals surface area contributed by atoms with Crippen molar-refractivity contribution >= 4 is 5.97 Å². The van der Waals surface area contributed by atoms with E-state index in [1.54, 1.807) is 14.2 Å². The van der Waals surface area contributed by atoms with Crippen LogP contribution >= 0.6 is 0 Å². The van der Waals surface area contributed by atoms with Crippen molar-refractivity contribution in [3.05, 3.63) is 12.3 Å². The summed E-state index contributed by atoms with van der Waals surface area (Å²) in [5, 5.41) is 8.71. The third-order valence-electron chi connectivity index (χ3n) is 3.12. The van der Waals surface area contributed by atoms with Crippen LogP contribution in [0.25, 0.3) is 0 Å². The molecule has 1 N–H and O–H groups in total. The fraction of sp³-hybridized carbons (Fsp3) is 0.643. The highest BCUT2D eigenvalue weighted by atomic mass is 16.5. The van der Waals surface area contributed by atoms with Crippen LogP contribution in [0.5, 0.6) is 0 Å². The number of hydrogen-bond donors (Lipinski definition) is 1. The Morgan fingerprint density at radius 2 is 2.16 bits per heavy atom. The van der Waals surface area contributed by atoms with Gasteiger partial charge in [-0.15, -0.1) is 0 Å². The molecule has 0 radical (unpaired) electrons. The van der Waals surface area contributed by atoms with Crippen LogP contribution in [0.3, 0.4) is 0 Å². The van der Waals surface area contributed by atoms with Crippen LogP contribution in [0.4, 0.5) is 0 Å². The largest absolute Gasteiger partial charge is 0.481 e. The first-order valence-corrected chi connectivity index (χ1v) is 6.27. The van der Waals surface area contributed by atoms with Crippen LogP contribution in [-0.4, -0.2) is 55.5 Å². The Labute approximate surface area is 114 Å². The molecule has 0 saturated carbocycles. The second kappa shape index (κ2) is 7.82. The second-order valence-corrected chi connectivity index (χ2v) is 4.41. The number of carboxylic acid groups (broad SMARTS) is 1. The molecule has 2 unspecified atom stereocenters. The fourth-order valence-corrected chi connectivity index (χ4v) is 1.97. The Bertz CT molecular complexity index is 383. The number of hydrogen-bond acceptors (Lipinski definition) is 4. The first-order valence-electron chi connectivity index (χ1n) is 6.27. The zero-order valence-electron chi connectivity index (χ0n) is 11.5. The molecule has 1 aliphatic rings. The molecule has 0 amide bonds. The van der Waals surface area contributed by atoms with E-state index in [1.807, 2.05) is 4.90 Å². The summed E-state index contributed by atoms with van der Waals surface area (Å²) in [6.07, 6.45) is 0.811. The Kier molecular flexibility index (Phi) is 6.40. The van der Waals surface area contributed by atoms with Crippen molar-refractivity contribution in [1.82, 2.24) is 4.90 Å². The summed E-state index contributed by atoms with van der Waals surface area (Å²) in [5.74, 6) is 5.27. The molecule has 0 spiro atoms. The molecular formula is C14H21NO4. The number of aliphatic carboxylic acids is 1. The minimum atomic E-state index is -0.814. The fourth-order valence-electron chi connectivity index (χ4n) is 1.97. The van der Waals surface area contributed by atoms with Gasteiger partial charge in [0.1, 0.15) is 12.2 Å². The van der Waals surface area contributed by atoms with Gasteiger partial charge >= 0.3 is 5.97 Å². The third kappa shape index (κ3) is 4.93. The number of nitrogens with zero attached hydrogens (tertiary/aromatic N) is 1. The van der Waals surface area contributed by atoms with Crippen LogP contribution in [0.15, 0.2) is 12.3 Å². The van der Waals surface area contributed by atoms with E-state index in [9.17, 15) is 4.79 Å². The molecule has 19 heavy (non-hydrogen) atoms. The monoisotopic (exact) mass is 267 g/mol. The number of rotatable bonds is 6. The van der Waals surface area contributed by atoms with Crippen molar-refractivity contribution < 1.29 is 19.4 Å². The lowest BCUT2D eigenvalue weighted by Gasteiger charge is -2.32. The van der Waals surface area contributed by atoms with Gasteiger partial charge < -0.3 is 19.5 Å². The second-order valence-electron chi connectivity index (χ2n) is 4.41. The molecular weight excluding hydrogens is 246 g/mol. The first-order chi connectivity index (χ1) is 9.08. The van der Waals surface area contributed by atoms with Crippen molar-refractivity contribution in [2.24, 2.45) is 0 Å². The summed E-state index contributed by atoms with van der Waals surface area (Å²) < 4.78 is 10.7. The van der Waals surface area contributed by atoms with E-state index in [1.165, 1.54) is 0 Å². The van der Waals surface area contributed by atoms with E-state index in [2.05, 4.69) is 18.4 Å². The smallest absolute Gasteiger partial charge is 0.303 e. The number of methoxy groups -OCH3 is 2. The highest BCUT2D eigenvalue weighted by molar-refractivity contribution is 5.66. The minimum Gasteiger partial charge on any atom is -0.481 e. The van der Waals surface area contributed by atoms with Gasteiger partial charge in [-0.3, -0.25) is 4.79 Å². The average molecular weight is 267 g/mol. The highest BCUT2D eigenvalue weighted by Crippen LogP contribution is 2.15. The van der Waals surface area contributed by atoms with Crippen LogP contribution in [-0.2, 0) is 14.3 Å². The van der Waals surface area contributed by atoms with E-state index in [4.69, 9.17) is 14.6 Å². The molecule has 0 fully saturated rings. The van der Waals surface area contributed by atoms with Gasteiger partial charge in [0.25, 0.3) is 0 Å². The minimum absolute atomic E-state index is 0.0896.